The van der Waals surface area contributed by atoms with Crippen molar-refractivity contribution in [2.24, 2.45) is 4.99 Å². The minimum absolute atomic E-state index is 0.323. The van der Waals surface area contributed by atoms with Crippen LogP contribution in [0.3, 0.4) is 0 Å². The zero-order valence-electron chi connectivity index (χ0n) is 16.1. The number of likely N-dealkylation sites (tertiary alicyclic amines) is 1. The lowest BCUT2D eigenvalue weighted by atomic mass is 10.2. The molecule has 27 heavy (non-hydrogen) atoms. The molecule has 0 saturated carbocycles. The van der Waals surface area contributed by atoms with Crippen molar-refractivity contribution in [2.75, 3.05) is 53.4 Å². The third-order valence-electron chi connectivity index (χ3n) is 4.60. The molecule has 2 N–H and O–H groups in total. The molecule has 154 valence electrons. The maximum atomic E-state index is 12.3. The maximum Gasteiger partial charge on any atom is 0.401 e. The predicted octanol–water partition coefficient (Wildman–Crippen LogP) is 2.93. The fourth-order valence-electron chi connectivity index (χ4n) is 3.30. The standard InChI is InChI=1S/C18H30F3N5S/c1-22-17(23-8-6-9-25(2)14-18(19,20)21)24-13-15(16-7-5-12-27-16)26-10-3-4-11-26/h5,7,12,15H,3-4,6,8-11,13-14H2,1-2H3,(H2,22,23,24). The molecule has 1 aromatic rings. The summed E-state index contributed by atoms with van der Waals surface area (Å²) in [5.41, 5.74) is 0. The van der Waals surface area contributed by atoms with Gasteiger partial charge < -0.3 is 10.6 Å². The molecule has 2 heterocycles. The molecule has 1 atom stereocenters. The molecule has 0 bridgehead atoms. The topological polar surface area (TPSA) is 42.9 Å². The molecule has 9 heteroatoms. The van der Waals surface area contributed by atoms with Gasteiger partial charge in [0.1, 0.15) is 0 Å². The molecule has 1 saturated heterocycles. The Morgan fingerprint density at radius 3 is 2.67 bits per heavy atom. The predicted molar refractivity (Wildman–Crippen MR) is 105 cm³/mol. The smallest absolute Gasteiger partial charge is 0.356 e. The molecular weight excluding hydrogens is 375 g/mol. The van der Waals surface area contributed by atoms with Crippen LogP contribution in [0, 0.1) is 0 Å². The molecule has 5 nitrogen and oxygen atoms in total. The lowest BCUT2D eigenvalue weighted by Gasteiger charge is -2.27. The molecule has 1 aliphatic heterocycles. The first kappa shape index (κ1) is 22.0. The van der Waals surface area contributed by atoms with Gasteiger partial charge in [-0.3, -0.25) is 14.8 Å². The van der Waals surface area contributed by atoms with Gasteiger partial charge in [-0.05, 0) is 57.4 Å². The average molecular weight is 406 g/mol. The summed E-state index contributed by atoms with van der Waals surface area (Å²) in [4.78, 5) is 9.36. The summed E-state index contributed by atoms with van der Waals surface area (Å²) >= 11 is 1.77. The van der Waals surface area contributed by atoms with Crippen LogP contribution in [0.5, 0.6) is 0 Å². The quantitative estimate of drug-likeness (QED) is 0.377. The second kappa shape index (κ2) is 10.9. The molecule has 1 unspecified atom stereocenters. The van der Waals surface area contributed by atoms with Crippen LogP contribution in [-0.2, 0) is 0 Å². The van der Waals surface area contributed by atoms with E-state index in [0.29, 0.717) is 31.5 Å². The Morgan fingerprint density at radius 1 is 1.33 bits per heavy atom. The van der Waals surface area contributed by atoms with Crippen LogP contribution in [-0.4, -0.2) is 75.3 Å². The van der Waals surface area contributed by atoms with Gasteiger partial charge in [0.15, 0.2) is 5.96 Å². The highest BCUT2D eigenvalue weighted by Gasteiger charge is 2.28. The minimum atomic E-state index is -4.15. The monoisotopic (exact) mass is 405 g/mol. The van der Waals surface area contributed by atoms with E-state index in [9.17, 15) is 13.2 Å². The molecule has 1 fully saturated rings. The van der Waals surface area contributed by atoms with E-state index in [1.165, 1.54) is 29.7 Å². The van der Waals surface area contributed by atoms with E-state index >= 15 is 0 Å². The number of thiophene rings is 1. The SMILES string of the molecule is CN=C(NCCCN(C)CC(F)(F)F)NCC(c1cccs1)N1CCCC1. The van der Waals surface area contributed by atoms with Gasteiger partial charge in [-0.1, -0.05) is 6.07 Å². The number of hydrogen-bond donors (Lipinski definition) is 2. The Morgan fingerprint density at radius 2 is 2.07 bits per heavy atom. The molecule has 0 radical (unpaired) electrons. The molecule has 0 amide bonds. The summed E-state index contributed by atoms with van der Waals surface area (Å²) in [6, 6.07) is 4.57. The van der Waals surface area contributed by atoms with Crippen molar-refractivity contribution < 1.29 is 13.2 Å². The van der Waals surface area contributed by atoms with E-state index in [-0.39, 0.29) is 0 Å². The zero-order valence-corrected chi connectivity index (χ0v) is 16.9. The van der Waals surface area contributed by atoms with E-state index in [0.717, 1.165) is 19.6 Å². The highest BCUT2D eigenvalue weighted by molar-refractivity contribution is 7.10. The first-order valence-electron chi connectivity index (χ1n) is 9.36. The Hall–Kier alpha value is -1.32. The molecule has 0 aromatic carbocycles. The number of aliphatic imine (C=N–C) groups is 1. The van der Waals surface area contributed by atoms with E-state index in [1.54, 1.807) is 18.4 Å². The van der Waals surface area contributed by atoms with Crippen LogP contribution in [0.1, 0.15) is 30.2 Å². The van der Waals surface area contributed by atoms with Crippen molar-refractivity contribution in [2.45, 2.75) is 31.5 Å². The summed E-state index contributed by atoms with van der Waals surface area (Å²) in [6.07, 6.45) is -1.06. The molecule has 1 aliphatic rings. The van der Waals surface area contributed by atoms with Gasteiger partial charge in [-0.15, -0.1) is 11.3 Å². The zero-order chi connectivity index (χ0) is 19.7. The van der Waals surface area contributed by atoms with Gasteiger partial charge in [0.2, 0.25) is 0 Å². The summed E-state index contributed by atoms with van der Waals surface area (Å²) in [5.74, 6) is 0.689. The first-order valence-corrected chi connectivity index (χ1v) is 10.2. The number of alkyl halides is 3. The fourth-order valence-corrected chi connectivity index (χ4v) is 4.16. The van der Waals surface area contributed by atoms with Gasteiger partial charge in [-0.25, -0.2) is 0 Å². The van der Waals surface area contributed by atoms with Gasteiger partial charge in [-0.2, -0.15) is 13.2 Å². The Labute approximate surface area is 163 Å². The van der Waals surface area contributed by atoms with Crippen molar-refractivity contribution in [3.63, 3.8) is 0 Å². The van der Waals surface area contributed by atoms with Gasteiger partial charge in [0.05, 0.1) is 12.6 Å². The Balaban J connectivity index is 1.73. The van der Waals surface area contributed by atoms with Crippen molar-refractivity contribution in [1.82, 2.24) is 20.4 Å². The number of guanidine groups is 1. The number of nitrogens with zero attached hydrogens (tertiary/aromatic N) is 3. The largest absolute Gasteiger partial charge is 0.401 e. The van der Waals surface area contributed by atoms with Crippen LogP contribution >= 0.6 is 11.3 Å². The van der Waals surface area contributed by atoms with Crippen LogP contribution in [0.2, 0.25) is 0 Å². The molecule has 0 spiro atoms. The summed E-state index contributed by atoms with van der Waals surface area (Å²) < 4.78 is 37.0. The summed E-state index contributed by atoms with van der Waals surface area (Å²) in [6.45, 7) is 3.07. The number of nitrogens with one attached hydrogen (secondary N) is 2. The lowest BCUT2D eigenvalue weighted by molar-refractivity contribution is -0.143. The van der Waals surface area contributed by atoms with Crippen molar-refractivity contribution in [3.05, 3.63) is 22.4 Å². The minimum Gasteiger partial charge on any atom is -0.356 e. The van der Waals surface area contributed by atoms with Crippen molar-refractivity contribution in [3.8, 4) is 0 Å². The average Bonchev–Trinajstić information content (AvgIpc) is 3.29. The number of rotatable bonds is 9. The normalized spacial score (nSPS) is 17.5. The van der Waals surface area contributed by atoms with Gasteiger partial charge in [0, 0.05) is 25.0 Å². The van der Waals surface area contributed by atoms with Crippen LogP contribution in [0.15, 0.2) is 22.5 Å². The molecular formula is C18H30F3N5S. The van der Waals surface area contributed by atoms with Gasteiger partial charge >= 0.3 is 6.18 Å². The third kappa shape index (κ3) is 8.06. The Bertz CT molecular complexity index is 556. The molecule has 0 aliphatic carbocycles. The van der Waals surface area contributed by atoms with Gasteiger partial charge in [0.25, 0.3) is 0 Å². The lowest BCUT2D eigenvalue weighted by Crippen LogP contribution is -2.43. The highest BCUT2D eigenvalue weighted by atomic mass is 32.1. The van der Waals surface area contributed by atoms with Crippen molar-refractivity contribution in [1.29, 1.82) is 0 Å². The highest BCUT2D eigenvalue weighted by Crippen LogP contribution is 2.27. The molecule has 1 aromatic heterocycles. The number of halogens is 3. The summed E-state index contributed by atoms with van der Waals surface area (Å²) in [7, 11) is 3.20. The van der Waals surface area contributed by atoms with Crippen LogP contribution < -0.4 is 10.6 Å². The van der Waals surface area contributed by atoms with E-state index in [1.807, 2.05) is 0 Å². The summed E-state index contributed by atoms with van der Waals surface area (Å²) in [5, 5.41) is 8.67. The van der Waals surface area contributed by atoms with E-state index < -0.39 is 12.7 Å². The fraction of sp³-hybridized carbons (Fsp3) is 0.722. The van der Waals surface area contributed by atoms with E-state index in [4.69, 9.17) is 0 Å². The second-order valence-electron chi connectivity index (χ2n) is 6.86. The second-order valence-corrected chi connectivity index (χ2v) is 7.84. The molecule has 2 rings (SSSR count). The Kier molecular flexibility index (Phi) is 8.85. The number of hydrogen-bond acceptors (Lipinski definition) is 4. The van der Waals surface area contributed by atoms with E-state index in [2.05, 4.69) is 38.0 Å². The van der Waals surface area contributed by atoms with Crippen LogP contribution in [0.25, 0.3) is 0 Å². The first-order chi connectivity index (χ1) is 12.9. The van der Waals surface area contributed by atoms with Crippen molar-refractivity contribution >= 4 is 17.3 Å². The van der Waals surface area contributed by atoms with Crippen LogP contribution in [0.4, 0.5) is 13.2 Å². The maximum absolute atomic E-state index is 12.3. The third-order valence-corrected chi connectivity index (χ3v) is 5.57.